The Morgan fingerprint density at radius 2 is 1.64 bits per heavy atom. The Hall–Kier alpha value is -3.12. The number of likely N-dealkylation sites (tertiary alicyclic amines) is 1. The minimum atomic E-state index is -0.313. The normalized spacial score (nSPS) is 28.3. The summed E-state index contributed by atoms with van der Waals surface area (Å²) in [6, 6.07) is 15.5. The summed E-state index contributed by atoms with van der Waals surface area (Å²) in [5.41, 5.74) is 6.32. The summed E-state index contributed by atoms with van der Waals surface area (Å²) in [5.74, 6) is 0.815. The predicted molar refractivity (Wildman–Crippen MR) is 153 cm³/mol. The summed E-state index contributed by atoms with van der Waals surface area (Å²) in [4.78, 5) is 33.9. The number of amides is 1. The molecule has 6 heteroatoms. The number of piperazine rings is 1. The van der Waals surface area contributed by atoms with Crippen LogP contribution in [-0.4, -0.2) is 67.6 Å². The second-order valence-corrected chi connectivity index (χ2v) is 12.4. The van der Waals surface area contributed by atoms with Crippen LogP contribution in [0, 0.1) is 5.92 Å². The molecule has 0 radical (unpaired) electrons. The van der Waals surface area contributed by atoms with Crippen molar-refractivity contribution in [1.82, 2.24) is 9.80 Å². The standard InChI is InChI=1S/C33H39N3O3/c1-34-19-25-13-14-26(20-34)36(25)32(37)24-16-22-10-6-7-11-27(22)31-30(21-8-4-3-5-9-21)28-15-12-23(33(38)39-2)17-29(28)35(31)18-24/h6-7,10-12,15-17,21,25-26,30-31H,3-5,8-9,13-14,18-20H2,1-2H3. The van der Waals surface area contributed by atoms with Crippen LogP contribution in [0.3, 0.4) is 0 Å². The van der Waals surface area contributed by atoms with Gasteiger partial charge in [-0.25, -0.2) is 4.79 Å². The number of carbonyl (C=O) groups is 2. The van der Waals surface area contributed by atoms with Crippen molar-refractivity contribution in [3.63, 3.8) is 0 Å². The summed E-state index contributed by atoms with van der Waals surface area (Å²) >= 11 is 0. The van der Waals surface area contributed by atoms with E-state index in [1.54, 1.807) is 0 Å². The SMILES string of the molecule is COC(=O)c1ccc2c(c1)N1CC(C(=O)N3C4CCC3CN(C)C4)=Cc3ccccc3C1C2C1CCCCC1. The van der Waals surface area contributed by atoms with E-state index in [0.717, 1.165) is 42.8 Å². The van der Waals surface area contributed by atoms with Crippen molar-refractivity contribution in [2.45, 2.75) is 69.0 Å². The van der Waals surface area contributed by atoms with Gasteiger partial charge < -0.3 is 19.4 Å². The van der Waals surface area contributed by atoms with E-state index < -0.39 is 0 Å². The first-order valence-corrected chi connectivity index (χ1v) is 14.8. The number of hydrogen-bond donors (Lipinski definition) is 0. The maximum absolute atomic E-state index is 14.3. The van der Waals surface area contributed by atoms with Crippen LogP contribution >= 0.6 is 0 Å². The molecule has 7 rings (SSSR count). The second-order valence-electron chi connectivity index (χ2n) is 12.4. The number of methoxy groups -OCH3 is 1. The highest BCUT2D eigenvalue weighted by molar-refractivity contribution is 6.00. The molecule has 0 N–H and O–H groups in total. The number of rotatable bonds is 3. The summed E-state index contributed by atoms with van der Waals surface area (Å²) < 4.78 is 5.10. The Kier molecular flexibility index (Phi) is 6.26. The third-order valence-electron chi connectivity index (χ3n) is 10.1. The van der Waals surface area contributed by atoms with Crippen molar-refractivity contribution in [2.75, 3.05) is 38.7 Å². The minimum absolute atomic E-state index is 0.151. The molecule has 5 aliphatic rings. The molecule has 2 aromatic carbocycles. The average Bonchev–Trinajstić information content (AvgIpc) is 3.35. The molecule has 1 amide bonds. The van der Waals surface area contributed by atoms with Crippen LogP contribution in [0.4, 0.5) is 5.69 Å². The highest BCUT2D eigenvalue weighted by Gasteiger charge is 2.47. The molecule has 4 aliphatic heterocycles. The highest BCUT2D eigenvalue weighted by atomic mass is 16.5. The molecule has 3 fully saturated rings. The number of ether oxygens (including phenoxy) is 1. The zero-order chi connectivity index (χ0) is 26.7. The topological polar surface area (TPSA) is 53.1 Å². The Morgan fingerprint density at radius 3 is 2.38 bits per heavy atom. The Morgan fingerprint density at radius 1 is 0.897 bits per heavy atom. The third-order valence-corrected chi connectivity index (χ3v) is 10.1. The zero-order valence-electron chi connectivity index (χ0n) is 23.1. The van der Waals surface area contributed by atoms with Gasteiger partial charge in [-0.3, -0.25) is 4.79 Å². The fourth-order valence-corrected chi connectivity index (χ4v) is 8.45. The second kappa shape index (κ2) is 9.81. The van der Waals surface area contributed by atoms with Crippen LogP contribution in [-0.2, 0) is 9.53 Å². The largest absolute Gasteiger partial charge is 0.465 e. The van der Waals surface area contributed by atoms with Gasteiger partial charge in [0.15, 0.2) is 0 Å². The van der Waals surface area contributed by atoms with Crippen molar-refractivity contribution >= 4 is 23.6 Å². The number of anilines is 1. The van der Waals surface area contributed by atoms with Crippen LogP contribution in [0.5, 0.6) is 0 Å². The molecule has 4 heterocycles. The Balaban J connectivity index is 1.34. The molecule has 2 saturated heterocycles. The van der Waals surface area contributed by atoms with Crippen LogP contribution in [0.15, 0.2) is 48.0 Å². The van der Waals surface area contributed by atoms with Gasteiger partial charge in [0.05, 0.1) is 18.7 Å². The lowest BCUT2D eigenvalue weighted by Crippen LogP contribution is -2.55. The molecule has 204 valence electrons. The van der Waals surface area contributed by atoms with Crippen LogP contribution in [0.1, 0.15) is 84.0 Å². The van der Waals surface area contributed by atoms with E-state index in [0.29, 0.717) is 36.0 Å². The van der Waals surface area contributed by atoms with Gasteiger partial charge in [0.1, 0.15) is 0 Å². The number of fused-ring (bicyclic) bond motifs is 7. The van der Waals surface area contributed by atoms with Gasteiger partial charge in [-0.15, -0.1) is 0 Å². The first kappa shape index (κ1) is 24.9. The molecule has 6 nitrogen and oxygen atoms in total. The Labute approximate surface area is 231 Å². The third kappa shape index (κ3) is 4.10. The van der Waals surface area contributed by atoms with E-state index in [1.165, 1.54) is 50.3 Å². The number of benzene rings is 2. The van der Waals surface area contributed by atoms with Crippen LogP contribution in [0.25, 0.3) is 6.08 Å². The predicted octanol–water partition coefficient (Wildman–Crippen LogP) is 5.40. The van der Waals surface area contributed by atoms with Crippen molar-refractivity contribution in [3.8, 4) is 0 Å². The smallest absolute Gasteiger partial charge is 0.337 e. The van der Waals surface area contributed by atoms with Crippen molar-refractivity contribution in [1.29, 1.82) is 0 Å². The summed E-state index contributed by atoms with van der Waals surface area (Å²) in [6.45, 7) is 2.46. The Bertz CT molecular complexity index is 1320. The van der Waals surface area contributed by atoms with Gasteiger partial charge in [0.2, 0.25) is 0 Å². The minimum Gasteiger partial charge on any atom is -0.465 e. The number of likely N-dealkylation sites (N-methyl/N-ethyl adjacent to an activating group) is 1. The summed E-state index contributed by atoms with van der Waals surface area (Å²) in [7, 11) is 3.61. The summed E-state index contributed by atoms with van der Waals surface area (Å²) in [6.07, 6.45) is 10.7. The maximum Gasteiger partial charge on any atom is 0.337 e. The van der Waals surface area contributed by atoms with Gasteiger partial charge >= 0.3 is 5.97 Å². The monoisotopic (exact) mass is 525 g/mol. The summed E-state index contributed by atoms with van der Waals surface area (Å²) in [5, 5.41) is 0. The zero-order valence-corrected chi connectivity index (χ0v) is 23.1. The average molecular weight is 526 g/mol. The maximum atomic E-state index is 14.3. The lowest BCUT2D eigenvalue weighted by Gasteiger charge is -2.40. The molecule has 0 spiro atoms. The molecule has 1 aliphatic carbocycles. The van der Waals surface area contributed by atoms with Crippen LogP contribution < -0.4 is 4.90 Å². The lowest BCUT2D eigenvalue weighted by molar-refractivity contribution is -0.132. The van der Waals surface area contributed by atoms with E-state index in [1.807, 2.05) is 12.1 Å². The highest BCUT2D eigenvalue weighted by Crippen LogP contribution is 2.57. The lowest BCUT2D eigenvalue weighted by atomic mass is 9.73. The molecule has 2 aromatic rings. The van der Waals surface area contributed by atoms with Crippen molar-refractivity contribution in [2.24, 2.45) is 5.92 Å². The number of carbonyl (C=O) groups excluding carboxylic acids is 2. The van der Waals surface area contributed by atoms with Crippen molar-refractivity contribution in [3.05, 3.63) is 70.3 Å². The fourth-order valence-electron chi connectivity index (χ4n) is 8.45. The van der Waals surface area contributed by atoms with Gasteiger partial charge in [-0.2, -0.15) is 0 Å². The van der Waals surface area contributed by atoms with E-state index in [9.17, 15) is 9.59 Å². The molecule has 39 heavy (non-hydrogen) atoms. The number of hydrogen-bond acceptors (Lipinski definition) is 5. The molecule has 0 aromatic heterocycles. The van der Waals surface area contributed by atoms with Crippen LogP contribution in [0.2, 0.25) is 0 Å². The number of esters is 1. The van der Waals surface area contributed by atoms with E-state index in [-0.39, 0.29) is 17.9 Å². The van der Waals surface area contributed by atoms with E-state index in [2.05, 4.69) is 58.2 Å². The molecular formula is C33H39N3O3. The molecule has 1 saturated carbocycles. The van der Waals surface area contributed by atoms with E-state index in [4.69, 9.17) is 4.74 Å². The van der Waals surface area contributed by atoms with Gasteiger partial charge in [0.25, 0.3) is 5.91 Å². The number of nitrogens with zero attached hydrogens (tertiary/aromatic N) is 3. The first-order valence-electron chi connectivity index (χ1n) is 14.8. The quantitative estimate of drug-likeness (QED) is 0.503. The molecule has 4 unspecified atom stereocenters. The van der Waals surface area contributed by atoms with Gasteiger partial charge in [-0.05, 0) is 73.5 Å². The molecular weight excluding hydrogens is 486 g/mol. The molecule has 2 bridgehead atoms. The van der Waals surface area contributed by atoms with E-state index >= 15 is 0 Å². The van der Waals surface area contributed by atoms with Gasteiger partial charge in [0, 0.05) is 48.9 Å². The van der Waals surface area contributed by atoms with Gasteiger partial charge in [-0.1, -0.05) is 49.6 Å². The fraction of sp³-hybridized carbons (Fsp3) is 0.515. The first-order chi connectivity index (χ1) is 19.0. The van der Waals surface area contributed by atoms with Crippen molar-refractivity contribution < 1.29 is 14.3 Å². The molecule has 4 atom stereocenters.